The van der Waals surface area contributed by atoms with E-state index in [0.29, 0.717) is 12.2 Å². The molecule has 5 heteroatoms. The predicted molar refractivity (Wildman–Crippen MR) is 73.3 cm³/mol. The van der Waals surface area contributed by atoms with Gasteiger partial charge in [-0.2, -0.15) is 0 Å². The zero-order valence-corrected chi connectivity index (χ0v) is 11.4. The first-order valence-electron chi connectivity index (χ1n) is 6.23. The molecule has 1 atom stereocenters. The smallest absolute Gasteiger partial charge is 0.330 e. The summed E-state index contributed by atoms with van der Waals surface area (Å²) >= 11 is 0. The van der Waals surface area contributed by atoms with Crippen molar-refractivity contribution in [3.05, 3.63) is 43.0 Å². The number of para-hydroxylation sites is 1. The first-order valence-corrected chi connectivity index (χ1v) is 6.23. The topological polar surface area (TPSA) is 61.8 Å². The van der Waals surface area contributed by atoms with Gasteiger partial charge in [-0.15, -0.1) is 0 Å². The Morgan fingerprint density at radius 3 is 2.60 bits per heavy atom. The second kappa shape index (κ2) is 8.87. The molecule has 0 fully saturated rings. The van der Waals surface area contributed by atoms with Crippen LogP contribution in [0.4, 0.5) is 0 Å². The summed E-state index contributed by atoms with van der Waals surface area (Å²) in [5.74, 6) is -0.364. The number of benzene rings is 1. The lowest BCUT2D eigenvalue weighted by molar-refractivity contribution is -0.141. The number of ether oxygens (including phenoxy) is 3. The largest absolute Gasteiger partial charge is 0.460 e. The van der Waals surface area contributed by atoms with Gasteiger partial charge in [0.1, 0.15) is 12.4 Å². The summed E-state index contributed by atoms with van der Waals surface area (Å²) in [6.07, 6.45) is 1.32. The van der Waals surface area contributed by atoms with Gasteiger partial charge in [-0.3, -0.25) is 4.79 Å². The number of hydrogen-bond acceptors (Lipinski definition) is 5. The van der Waals surface area contributed by atoms with Gasteiger partial charge in [0.25, 0.3) is 0 Å². The van der Waals surface area contributed by atoms with Gasteiger partial charge < -0.3 is 14.2 Å². The quantitative estimate of drug-likeness (QED) is 0.414. The second-order valence-electron chi connectivity index (χ2n) is 4.02. The number of carbonyl (C=O) groups excluding carboxylic acids is 2. The van der Waals surface area contributed by atoms with Gasteiger partial charge in [0.15, 0.2) is 0 Å². The van der Waals surface area contributed by atoms with E-state index in [0.717, 1.165) is 6.08 Å². The van der Waals surface area contributed by atoms with Crippen molar-refractivity contribution in [1.29, 1.82) is 0 Å². The van der Waals surface area contributed by atoms with Crippen LogP contribution in [0.1, 0.15) is 12.8 Å². The van der Waals surface area contributed by atoms with Gasteiger partial charge in [-0.05, 0) is 18.6 Å². The number of esters is 2. The van der Waals surface area contributed by atoms with Crippen molar-refractivity contribution in [2.24, 2.45) is 0 Å². The highest BCUT2D eigenvalue weighted by Gasteiger charge is 2.13. The minimum Gasteiger partial charge on any atom is -0.460 e. The van der Waals surface area contributed by atoms with Crippen LogP contribution in [0.2, 0.25) is 0 Å². The molecule has 108 valence electrons. The predicted octanol–water partition coefficient (Wildman–Crippen LogP) is 2.12. The van der Waals surface area contributed by atoms with Crippen molar-refractivity contribution in [3.8, 4) is 5.75 Å². The van der Waals surface area contributed by atoms with Crippen LogP contribution in [0.15, 0.2) is 43.0 Å². The number of carbonyl (C=O) groups is 2. The van der Waals surface area contributed by atoms with Crippen molar-refractivity contribution in [1.82, 2.24) is 0 Å². The van der Waals surface area contributed by atoms with E-state index in [2.05, 4.69) is 6.58 Å². The lowest BCUT2D eigenvalue weighted by Gasteiger charge is -2.14. The fraction of sp³-hybridized carbons (Fsp3) is 0.333. The average Bonchev–Trinajstić information content (AvgIpc) is 2.48. The third-order valence-electron chi connectivity index (χ3n) is 2.56. The Hall–Kier alpha value is -2.14. The lowest BCUT2D eigenvalue weighted by atomic mass is 10.2. The molecule has 1 unspecified atom stereocenters. The van der Waals surface area contributed by atoms with E-state index in [-0.39, 0.29) is 25.1 Å². The summed E-state index contributed by atoms with van der Waals surface area (Å²) in [5.41, 5.74) is 0. The van der Waals surface area contributed by atoms with Gasteiger partial charge in [-0.25, -0.2) is 4.79 Å². The monoisotopic (exact) mass is 278 g/mol. The third kappa shape index (κ3) is 6.15. The molecule has 0 bridgehead atoms. The zero-order valence-electron chi connectivity index (χ0n) is 11.4. The summed E-state index contributed by atoms with van der Waals surface area (Å²) in [5, 5.41) is 0. The normalized spacial score (nSPS) is 11.4. The van der Waals surface area contributed by atoms with Crippen LogP contribution in [0.3, 0.4) is 0 Å². The molecule has 0 radical (unpaired) electrons. The molecule has 1 aromatic rings. The molecule has 0 spiro atoms. The van der Waals surface area contributed by atoms with Crippen LogP contribution in [0.25, 0.3) is 0 Å². The fourth-order valence-corrected chi connectivity index (χ4v) is 1.45. The molecule has 0 aliphatic rings. The maximum absolute atomic E-state index is 11.6. The van der Waals surface area contributed by atoms with Gasteiger partial charge in [0, 0.05) is 19.6 Å². The van der Waals surface area contributed by atoms with Gasteiger partial charge in [0.2, 0.25) is 0 Å². The molecule has 0 heterocycles. The molecule has 5 nitrogen and oxygen atoms in total. The van der Waals surface area contributed by atoms with Gasteiger partial charge >= 0.3 is 11.9 Å². The SMILES string of the molecule is C=CC(=O)OCC(CCC(=O)Oc1ccccc1)OC. The molecular weight excluding hydrogens is 260 g/mol. The maximum Gasteiger partial charge on any atom is 0.330 e. The first-order chi connectivity index (χ1) is 9.65. The molecule has 20 heavy (non-hydrogen) atoms. The Kier molecular flexibility index (Phi) is 7.06. The van der Waals surface area contributed by atoms with E-state index in [1.54, 1.807) is 24.3 Å². The third-order valence-corrected chi connectivity index (χ3v) is 2.56. The standard InChI is InChI=1S/C15H18O5/c1-3-14(16)19-11-13(18-2)9-10-15(17)20-12-7-5-4-6-8-12/h3-8,13H,1,9-11H2,2H3. The van der Waals surface area contributed by atoms with Crippen LogP contribution < -0.4 is 4.74 Å². The van der Waals surface area contributed by atoms with Crippen LogP contribution in [-0.4, -0.2) is 31.8 Å². The van der Waals surface area contributed by atoms with Crippen LogP contribution in [0.5, 0.6) is 5.75 Å². The summed E-state index contributed by atoms with van der Waals surface area (Å²) < 4.78 is 15.1. The Labute approximate surface area is 118 Å². The van der Waals surface area contributed by atoms with Crippen molar-refractivity contribution < 1.29 is 23.8 Å². The molecular formula is C15H18O5. The summed E-state index contributed by atoms with van der Waals surface area (Å²) in [6.45, 7) is 3.38. The Bertz CT molecular complexity index is 441. The minimum absolute atomic E-state index is 0.0833. The van der Waals surface area contributed by atoms with E-state index in [4.69, 9.17) is 14.2 Å². The maximum atomic E-state index is 11.6. The van der Waals surface area contributed by atoms with E-state index in [1.165, 1.54) is 7.11 Å². The Morgan fingerprint density at radius 1 is 1.30 bits per heavy atom. The fourth-order valence-electron chi connectivity index (χ4n) is 1.45. The van der Waals surface area contributed by atoms with E-state index in [1.807, 2.05) is 6.07 Å². The zero-order chi connectivity index (χ0) is 14.8. The van der Waals surface area contributed by atoms with E-state index in [9.17, 15) is 9.59 Å². The lowest BCUT2D eigenvalue weighted by Crippen LogP contribution is -2.22. The summed E-state index contributed by atoms with van der Waals surface area (Å²) in [6, 6.07) is 8.83. The molecule has 0 amide bonds. The molecule has 1 rings (SSSR count). The van der Waals surface area contributed by atoms with Crippen molar-refractivity contribution >= 4 is 11.9 Å². The molecule has 0 aliphatic heterocycles. The van der Waals surface area contributed by atoms with E-state index >= 15 is 0 Å². The highest BCUT2D eigenvalue weighted by Crippen LogP contribution is 2.11. The van der Waals surface area contributed by atoms with E-state index < -0.39 is 5.97 Å². The van der Waals surface area contributed by atoms with Crippen molar-refractivity contribution in [3.63, 3.8) is 0 Å². The molecule has 1 aromatic carbocycles. The number of hydrogen-bond donors (Lipinski definition) is 0. The van der Waals surface area contributed by atoms with Gasteiger partial charge in [0.05, 0.1) is 6.10 Å². The average molecular weight is 278 g/mol. The van der Waals surface area contributed by atoms with Crippen molar-refractivity contribution in [2.75, 3.05) is 13.7 Å². The van der Waals surface area contributed by atoms with Crippen LogP contribution in [0, 0.1) is 0 Å². The highest BCUT2D eigenvalue weighted by atomic mass is 16.6. The Balaban J connectivity index is 2.31. The summed E-state index contributed by atoms with van der Waals surface area (Å²) in [4.78, 5) is 22.5. The molecule has 0 aliphatic carbocycles. The molecule has 0 saturated carbocycles. The number of methoxy groups -OCH3 is 1. The first kappa shape index (κ1) is 15.9. The van der Waals surface area contributed by atoms with Crippen LogP contribution >= 0.6 is 0 Å². The van der Waals surface area contributed by atoms with Gasteiger partial charge in [-0.1, -0.05) is 24.8 Å². The minimum atomic E-state index is -0.515. The van der Waals surface area contributed by atoms with Crippen molar-refractivity contribution in [2.45, 2.75) is 18.9 Å². The van der Waals surface area contributed by atoms with Crippen LogP contribution in [-0.2, 0) is 19.1 Å². The number of rotatable bonds is 8. The molecule has 0 aromatic heterocycles. The summed E-state index contributed by atoms with van der Waals surface area (Å²) in [7, 11) is 1.49. The molecule has 0 N–H and O–H groups in total. The molecule has 0 saturated heterocycles. The second-order valence-corrected chi connectivity index (χ2v) is 4.02. The Morgan fingerprint density at radius 2 is 2.00 bits per heavy atom. The highest BCUT2D eigenvalue weighted by molar-refractivity contribution is 5.81.